The maximum atomic E-state index is 5.67. The molecular formula is C16H20N2O. The molecule has 0 radical (unpaired) electrons. The number of hydrogen-bond acceptors (Lipinski definition) is 3. The molecular weight excluding hydrogens is 236 g/mol. The van der Waals surface area contributed by atoms with Gasteiger partial charge in [-0.25, -0.2) is 0 Å². The van der Waals surface area contributed by atoms with Crippen LogP contribution >= 0.6 is 0 Å². The quantitative estimate of drug-likeness (QED) is 0.894. The van der Waals surface area contributed by atoms with Gasteiger partial charge in [0.15, 0.2) is 0 Å². The summed E-state index contributed by atoms with van der Waals surface area (Å²) in [7, 11) is 3.76. The number of nitrogens with two attached hydrogens (primary N) is 1. The average molecular weight is 256 g/mol. The van der Waals surface area contributed by atoms with E-state index in [1.54, 1.807) is 7.11 Å². The molecule has 100 valence electrons. The van der Waals surface area contributed by atoms with Gasteiger partial charge in [0.05, 0.1) is 7.11 Å². The van der Waals surface area contributed by atoms with Crippen LogP contribution in [0.1, 0.15) is 11.1 Å². The van der Waals surface area contributed by atoms with Crippen molar-refractivity contribution in [2.24, 2.45) is 5.73 Å². The first-order valence-corrected chi connectivity index (χ1v) is 6.36. The molecule has 0 amide bonds. The SMILES string of the molecule is COc1ccc(CN(C)c2cccc(CN)c2)cc1. The van der Waals surface area contributed by atoms with Gasteiger partial charge in [-0.05, 0) is 35.4 Å². The van der Waals surface area contributed by atoms with E-state index in [1.165, 1.54) is 11.3 Å². The summed E-state index contributed by atoms with van der Waals surface area (Å²) in [6.45, 7) is 1.43. The Kier molecular flexibility index (Phi) is 4.42. The number of ether oxygens (including phenoxy) is 1. The molecule has 2 aromatic carbocycles. The van der Waals surface area contributed by atoms with E-state index in [2.05, 4.69) is 36.2 Å². The van der Waals surface area contributed by atoms with Gasteiger partial charge in [0.2, 0.25) is 0 Å². The summed E-state index contributed by atoms with van der Waals surface area (Å²) in [5.41, 5.74) is 9.25. The van der Waals surface area contributed by atoms with Gasteiger partial charge in [0.1, 0.15) is 5.75 Å². The Balaban J connectivity index is 2.08. The molecule has 0 unspecified atom stereocenters. The molecule has 0 spiro atoms. The van der Waals surface area contributed by atoms with Gasteiger partial charge >= 0.3 is 0 Å². The zero-order valence-electron chi connectivity index (χ0n) is 11.5. The van der Waals surface area contributed by atoms with Gasteiger partial charge in [-0.3, -0.25) is 0 Å². The fraction of sp³-hybridized carbons (Fsp3) is 0.250. The van der Waals surface area contributed by atoms with Crippen LogP contribution in [0, 0.1) is 0 Å². The summed E-state index contributed by atoms with van der Waals surface area (Å²) >= 11 is 0. The number of hydrogen-bond donors (Lipinski definition) is 1. The van der Waals surface area contributed by atoms with E-state index >= 15 is 0 Å². The summed E-state index contributed by atoms with van der Waals surface area (Å²) in [5, 5.41) is 0. The molecule has 2 N–H and O–H groups in total. The van der Waals surface area contributed by atoms with Crippen LogP contribution < -0.4 is 15.4 Å². The van der Waals surface area contributed by atoms with Crippen LogP contribution in [0.15, 0.2) is 48.5 Å². The normalized spacial score (nSPS) is 10.3. The molecule has 2 rings (SSSR count). The zero-order valence-corrected chi connectivity index (χ0v) is 11.5. The average Bonchev–Trinajstić information content (AvgIpc) is 2.48. The number of benzene rings is 2. The Morgan fingerprint density at radius 3 is 2.42 bits per heavy atom. The Bertz CT molecular complexity index is 523. The maximum Gasteiger partial charge on any atom is 0.118 e. The van der Waals surface area contributed by atoms with Crippen LogP contribution in [0.5, 0.6) is 5.75 Å². The molecule has 0 bridgehead atoms. The first kappa shape index (κ1) is 13.4. The minimum atomic E-state index is 0.574. The van der Waals surface area contributed by atoms with Crippen molar-refractivity contribution < 1.29 is 4.74 Å². The largest absolute Gasteiger partial charge is 0.497 e. The minimum Gasteiger partial charge on any atom is -0.497 e. The van der Waals surface area contributed by atoms with E-state index in [4.69, 9.17) is 10.5 Å². The van der Waals surface area contributed by atoms with Crippen LogP contribution in [0.4, 0.5) is 5.69 Å². The number of rotatable bonds is 5. The molecule has 0 fully saturated rings. The highest BCUT2D eigenvalue weighted by Crippen LogP contribution is 2.18. The van der Waals surface area contributed by atoms with Crippen LogP contribution in [0.2, 0.25) is 0 Å². The highest BCUT2D eigenvalue weighted by molar-refractivity contribution is 5.48. The molecule has 3 nitrogen and oxygen atoms in total. The molecule has 0 aliphatic heterocycles. The fourth-order valence-corrected chi connectivity index (χ4v) is 2.02. The van der Waals surface area contributed by atoms with Gasteiger partial charge < -0.3 is 15.4 Å². The topological polar surface area (TPSA) is 38.5 Å². The first-order chi connectivity index (χ1) is 9.22. The Morgan fingerprint density at radius 1 is 1.05 bits per heavy atom. The van der Waals surface area contributed by atoms with Gasteiger partial charge in [-0.1, -0.05) is 24.3 Å². The van der Waals surface area contributed by atoms with Gasteiger partial charge in [0, 0.05) is 25.8 Å². The van der Waals surface area contributed by atoms with Crippen molar-refractivity contribution in [3.63, 3.8) is 0 Å². The second-order valence-corrected chi connectivity index (χ2v) is 4.58. The van der Waals surface area contributed by atoms with Crippen molar-refractivity contribution in [1.82, 2.24) is 0 Å². The van der Waals surface area contributed by atoms with Crippen LogP contribution in [-0.4, -0.2) is 14.2 Å². The van der Waals surface area contributed by atoms with E-state index < -0.39 is 0 Å². The molecule has 0 aliphatic carbocycles. The van der Waals surface area contributed by atoms with Gasteiger partial charge in [0.25, 0.3) is 0 Å². The van der Waals surface area contributed by atoms with Crippen molar-refractivity contribution >= 4 is 5.69 Å². The Morgan fingerprint density at radius 2 is 1.79 bits per heavy atom. The second kappa shape index (κ2) is 6.25. The Hall–Kier alpha value is -2.00. The van der Waals surface area contributed by atoms with E-state index in [0.717, 1.165) is 17.9 Å². The highest BCUT2D eigenvalue weighted by atomic mass is 16.5. The predicted molar refractivity (Wildman–Crippen MR) is 79.4 cm³/mol. The summed E-state index contributed by atoms with van der Waals surface area (Å²) in [4.78, 5) is 2.21. The third kappa shape index (κ3) is 3.48. The standard InChI is InChI=1S/C16H20N2O/c1-18(15-5-3-4-14(10-15)11-17)12-13-6-8-16(19-2)9-7-13/h3-10H,11-12,17H2,1-2H3. The molecule has 0 aliphatic rings. The maximum absolute atomic E-state index is 5.67. The van der Waals surface area contributed by atoms with Gasteiger partial charge in [-0.15, -0.1) is 0 Å². The lowest BCUT2D eigenvalue weighted by molar-refractivity contribution is 0.414. The van der Waals surface area contributed by atoms with Crippen LogP contribution in [-0.2, 0) is 13.1 Å². The zero-order chi connectivity index (χ0) is 13.7. The lowest BCUT2D eigenvalue weighted by Crippen LogP contribution is -2.16. The molecule has 2 aromatic rings. The Labute approximate surface area is 114 Å². The van der Waals surface area contributed by atoms with Crippen molar-refractivity contribution in [2.75, 3.05) is 19.1 Å². The fourth-order valence-electron chi connectivity index (χ4n) is 2.02. The lowest BCUT2D eigenvalue weighted by Gasteiger charge is -2.20. The van der Waals surface area contributed by atoms with E-state index in [9.17, 15) is 0 Å². The van der Waals surface area contributed by atoms with E-state index in [0.29, 0.717) is 6.54 Å². The van der Waals surface area contributed by atoms with Crippen molar-refractivity contribution in [3.8, 4) is 5.75 Å². The second-order valence-electron chi connectivity index (χ2n) is 4.58. The smallest absolute Gasteiger partial charge is 0.118 e. The molecule has 0 heterocycles. The van der Waals surface area contributed by atoms with Crippen molar-refractivity contribution in [3.05, 3.63) is 59.7 Å². The molecule has 0 saturated heterocycles. The van der Waals surface area contributed by atoms with E-state index in [1.807, 2.05) is 24.3 Å². The van der Waals surface area contributed by atoms with Crippen molar-refractivity contribution in [2.45, 2.75) is 13.1 Å². The minimum absolute atomic E-state index is 0.574. The number of anilines is 1. The summed E-state index contributed by atoms with van der Waals surface area (Å²) in [5.74, 6) is 0.886. The lowest BCUT2D eigenvalue weighted by atomic mass is 10.1. The van der Waals surface area contributed by atoms with E-state index in [-0.39, 0.29) is 0 Å². The highest BCUT2D eigenvalue weighted by Gasteiger charge is 2.03. The summed E-state index contributed by atoms with van der Waals surface area (Å²) < 4.78 is 5.16. The molecule has 0 aromatic heterocycles. The molecule has 3 heteroatoms. The molecule has 0 saturated carbocycles. The van der Waals surface area contributed by atoms with Crippen LogP contribution in [0.3, 0.4) is 0 Å². The third-order valence-electron chi connectivity index (χ3n) is 3.17. The van der Waals surface area contributed by atoms with Crippen LogP contribution in [0.25, 0.3) is 0 Å². The predicted octanol–water partition coefficient (Wildman–Crippen LogP) is 2.79. The van der Waals surface area contributed by atoms with Crippen molar-refractivity contribution in [1.29, 1.82) is 0 Å². The monoisotopic (exact) mass is 256 g/mol. The molecule has 19 heavy (non-hydrogen) atoms. The molecule has 0 atom stereocenters. The summed E-state index contributed by atoms with van der Waals surface area (Å²) in [6, 6.07) is 16.5. The number of methoxy groups -OCH3 is 1. The number of nitrogens with zero attached hydrogens (tertiary/aromatic N) is 1. The van der Waals surface area contributed by atoms with Gasteiger partial charge in [-0.2, -0.15) is 0 Å². The third-order valence-corrected chi connectivity index (χ3v) is 3.17. The first-order valence-electron chi connectivity index (χ1n) is 6.36. The summed E-state index contributed by atoms with van der Waals surface area (Å²) in [6.07, 6.45) is 0.